The second-order valence-corrected chi connectivity index (χ2v) is 6.49. The fourth-order valence-electron chi connectivity index (χ4n) is 2.59. The van der Waals surface area contributed by atoms with E-state index in [0.29, 0.717) is 6.42 Å². The van der Waals surface area contributed by atoms with Crippen molar-refractivity contribution in [2.45, 2.75) is 25.4 Å². The van der Waals surface area contributed by atoms with Gasteiger partial charge in [-0.05, 0) is 54.8 Å². The summed E-state index contributed by atoms with van der Waals surface area (Å²) in [5, 5.41) is 2.91. The predicted molar refractivity (Wildman–Crippen MR) is 91.3 cm³/mol. The van der Waals surface area contributed by atoms with Crippen molar-refractivity contribution in [3.8, 4) is 0 Å². The van der Waals surface area contributed by atoms with Crippen LogP contribution >= 0.6 is 15.9 Å². The number of anilines is 1. The summed E-state index contributed by atoms with van der Waals surface area (Å²) >= 11 is 3.44. The Hall–Kier alpha value is -1.76. The first-order valence-electron chi connectivity index (χ1n) is 7.36. The van der Waals surface area contributed by atoms with Gasteiger partial charge in [-0.2, -0.15) is 0 Å². The topological polar surface area (TPSA) is 53.2 Å². The summed E-state index contributed by atoms with van der Waals surface area (Å²) in [5.41, 5.74) is 8.87. The van der Waals surface area contributed by atoms with Crippen molar-refractivity contribution < 1.29 is 9.18 Å². The molecule has 0 aliphatic carbocycles. The van der Waals surface area contributed by atoms with Crippen molar-refractivity contribution in [3.63, 3.8) is 0 Å². The lowest BCUT2D eigenvalue weighted by Crippen LogP contribution is -2.39. The largest absolute Gasteiger partial charge is 0.325 e. The lowest BCUT2D eigenvalue weighted by Gasteiger charge is -2.11. The second kappa shape index (κ2) is 6.78. The number of aryl methyl sites for hydroxylation is 1. The van der Waals surface area contributed by atoms with Crippen LogP contribution in [0.15, 0.2) is 46.9 Å². The third kappa shape index (κ3) is 3.77. The Morgan fingerprint density at radius 3 is 2.65 bits per heavy atom. The molecule has 1 heterocycles. The molecule has 3 N–H and O–H groups in total. The smallest absolute Gasteiger partial charge is 0.242 e. The molecule has 0 radical (unpaired) electrons. The van der Waals surface area contributed by atoms with Crippen molar-refractivity contribution in [2.75, 3.05) is 5.32 Å². The van der Waals surface area contributed by atoms with Crippen LogP contribution in [0.3, 0.4) is 0 Å². The van der Waals surface area contributed by atoms with Crippen LogP contribution < -0.4 is 16.2 Å². The van der Waals surface area contributed by atoms with Crippen molar-refractivity contribution in [3.05, 3.63) is 63.9 Å². The molecule has 0 bridgehead atoms. The summed E-state index contributed by atoms with van der Waals surface area (Å²) in [6.07, 6.45) is 0.604. The first kappa shape index (κ1) is 16.1. The zero-order valence-corrected chi connectivity index (χ0v) is 14.2. The van der Waals surface area contributed by atoms with E-state index >= 15 is 0 Å². The summed E-state index contributed by atoms with van der Waals surface area (Å²) in [6.45, 7) is 1.97. The van der Waals surface area contributed by atoms with E-state index in [9.17, 15) is 9.18 Å². The van der Waals surface area contributed by atoms with E-state index in [1.807, 2.05) is 25.1 Å². The average Bonchev–Trinajstić information content (AvgIpc) is 3.02. The van der Waals surface area contributed by atoms with Gasteiger partial charge in [-0.25, -0.2) is 15.2 Å². The van der Waals surface area contributed by atoms with E-state index in [1.165, 1.54) is 12.1 Å². The predicted octanol–water partition coefficient (Wildman–Crippen LogP) is 3.44. The van der Waals surface area contributed by atoms with Gasteiger partial charge in [0.1, 0.15) is 11.9 Å². The number of carbonyl (C=O) groups excluding carboxylic acids is 1. The van der Waals surface area contributed by atoms with Crippen LogP contribution in [0.2, 0.25) is 0 Å². The number of benzene rings is 2. The molecule has 1 fully saturated rings. The Morgan fingerprint density at radius 1 is 1.22 bits per heavy atom. The maximum atomic E-state index is 13.0. The molecule has 0 aromatic heterocycles. The van der Waals surface area contributed by atoms with Crippen LogP contribution in [0.25, 0.3) is 0 Å². The van der Waals surface area contributed by atoms with E-state index in [0.717, 1.165) is 21.3 Å². The highest BCUT2D eigenvalue weighted by Crippen LogP contribution is 2.24. The fourth-order valence-corrected chi connectivity index (χ4v) is 2.84. The highest BCUT2D eigenvalue weighted by atomic mass is 79.9. The molecule has 2 aromatic rings. The van der Waals surface area contributed by atoms with Crippen LogP contribution in [-0.2, 0) is 4.79 Å². The van der Waals surface area contributed by atoms with Crippen molar-refractivity contribution >= 4 is 27.5 Å². The van der Waals surface area contributed by atoms with Crippen LogP contribution in [0, 0.1) is 12.7 Å². The molecule has 2 aromatic carbocycles. The summed E-state index contributed by atoms with van der Waals surface area (Å²) in [6, 6.07) is 11.6. The van der Waals surface area contributed by atoms with Gasteiger partial charge in [-0.1, -0.05) is 28.1 Å². The number of nitrogens with one attached hydrogen (secondary N) is 3. The minimum Gasteiger partial charge on any atom is -0.325 e. The lowest BCUT2D eigenvalue weighted by molar-refractivity contribution is -0.117. The molecule has 23 heavy (non-hydrogen) atoms. The van der Waals surface area contributed by atoms with E-state index < -0.39 is 0 Å². The van der Waals surface area contributed by atoms with Gasteiger partial charge in [0.05, 0.1) is 0 Å². The van der Waals surface area contributed by atoms with Gasteiger partial charge in [0, 0.05) is 16.2 Å². The number of hydrogen-bond acceptors (Lipinski definition) is 3. The molecule has 0 saturated carbocycles. The molecule has 4 nitrogen and oxygen atoms in total. The average molecular weight is 378 g/mol. The van der Waals surface area contributed by atoms with Crippen molar-refractivity contribution in [1.82, 2.24) is 10.9 Å². The van der Waals surface area contributed by atoms with Crippen LogP contribution in [0.5, 0.6) is 0 Å². The summed E-state index contributed by atoms with van der Waals surface area (Å²) in [7, 11) is 0. The normalized spacial score (nSPS) is 20.5. The highest BCUT2D eigenvalue weighted by Gasteiger charge is 2.30. The summed E-state index contributed by atoms with van der Waals surface area (Å²) in [4.78, 5) is 12.4. The Kier molecular flexibility index (Phi) is 4.75. The van der Waals surface area contributed by atoms with Crippen molar-refractivity contribution in [1.29, 1.82) is 0 Å². The molecular formula is C17H17BrFN3O. The van der Waals surface area contributed by atoms with Gasteiger partial charge < -0.3 is 5.32 Å². The quantitative estimate of drug-likeness (QED) is 0.767. The maximum Gasteiger partial charge on any atom is 0.242 e. The molecule has 1 aliphatic rings. The van der Waals surface area contributed by atoms with Crippen LogP contribution in [-0.4, -0.2) is 11.9 Å². The molecule has 1 saturated heterocycles. The Balaban J connectivity index is 1.63. The van der Waals surface area contributed by atoms with Crippen LogP contribution in [0.4, 0.5) is 10.1 Å². The maximum absolute atomic E-state index is 13.0. The van der Waals surface area contributed by atoms with Gasteiger partial charge >= 0.3 is 0 Å². The van der Waals surface area contributed by atoms with Crippen LogP contribution in [0.1, 0.15) is 23.6 Å². The van der Waals surface area contributed by atoms with Crippen molar-refractivity contribution in [2.24, 2.45) is 0 Å². The number of rotatable bonds is 3. The number of amides is 1. The van der Waals surface area contributed by atoms with Gasteiger partial charge in [0.25, 0.3) is 0 Å². The zero-order valence-electron chi connectivity index (χ0n) is 12.6. The Labute approximate surface area is 142 Å². The molecule has 3 rings (SSSR count). The summed E-state index contributed by atoms with van der Waals surface area (Å²) < 4.78 is 14.0. The summed E-state index contributed by atoms with van der Waals surface area (Å²) in [5.74, 6) is -0.358. The monoisotopic (exact) mass is 377 g/mol. The molecular weight excluding hydrogens is 361 g/mol. The van der Waals surface area contributed by atoms with Gasteiger partial charge in [0.2, 0.25) is 5.91 Å². The number of hydrogen-bond donors (Lipinski definition) is 3. The SMILES string of the molecule is Cc1cc(NC(=O)C2CC(c3ccc(F)cc3)NN2)ccc1Br. The first-order valence-corrected chi connectivity index (χ1v) is 8.16. The second-order valence-electron chi connectivity index (χ2n) is 5.63. The zero-order chi connectivity index (χ0) is 16.4. The molecule has 2 atom stereocenters. The fraction of sp³-hybridized carbons (Fsp3) is 0.235. The minimum atomic E-state index is -0.339. The number of carbonyl (C=O) groups is 1. The molecule has 1 aliphatic heterocycles. The number of hydrazine groups is 1. The Bertz CT molecular complexity index is 720. The standard InChI is InChI=1S/C17H17BrFN3O/c1-10-8-13(6-7-14(10)18)20-17(23)16-9-15(21-22-16)11-2-4-12(19)5-3-11/h2-8,15-16,21-22H,9H2,1H3,(H,20,23). The molecule has 0 spiro atoms. The molecule has 120 valence electrons. The van der Waals surface area contributed by atoms with Gasteiger partial charge in [-0.15, -0.1) is 0 Å². The molecule has 6 heteroatoms. The van der Waals surface area contributed by atoms with E-state index in [2.05, 4.69) is 32.1 Å². The lowest BCUT2D eigenvalue weighted by atomic mass is 10.0. The Morgan fingerprint density at radius 2 is 1.96 bits per heavy atom. The minimum absolute atomic E-state index is 0.0157. The molecule has 2 unspecified atom stereocenters. The first-order chi connectivity index (χ1) is 11.0. The third-order valence-electron chi connectivity index (χ3n) is 3.92. The number of halogens is 2. The highest BCUT2D eigenvalue weighted by molar-refractivity contribution is 9.10. The van der Waals surface area contributed by atoms with Gasteiger partial charge in [0.15, 0.2) is 0 Å². The van der Waals surface area contributed by atoms with E-state index in [-0.39, 0.29) is 23.8 Å². The molecule has 1 amide bonds. The third-order valence-corrected chi connectivity index (χ3v) is 4.81. The van der Waals surface area contributed by atoms with E-state index in [1.54, 1.807) is 12.1 Å². The van der Waals surface area contributed by atoms with E-state index in [4.69, 9.17) is 0 Å². The van der Waals surface area contributed by atoms with Gasteiger partial charge in [-0.3, -0.25) is 4.79 Å².